The zero-order valence-corrected chi connectivity index (χ0v) is 14.8. The third-order valence-corrected chi connectivity index (χ3v) is 3.88. The number of pyridine rings is 1. The molecule has 1 aromatic heterocycles. The summed E-state index contributed by atoms with van der Waals surface area (Å²) in [5, 5.41) is 11.6. The van der Waals surface area contributed by atoms with E-state index in [0.29, 0.717) is 17.8 Å². The molecule has 138 valence electrons. The molecule has 3 N–H and O–H groups in total. The van der Waals surface area contributed by atoms with Gasteiger partial charge in [0, 0.05) is 26.1 Å². The highest BCUT2D eigenvalue weighted by Gasteiger charge is 2.18. The van der Waals surface area contributed by atoms with Crippen molar-refractivity contribution in [3.05, 3.63) is 59.2 Å². The predicted octanol–water partition coefficient (Wildman–Crippen LogP) is 2.17. The lowest BCUT2D eigenvalue weighted by atomic mass is 10.0. The fourth-order valence-corrected chi connectivity index (χ4v) is 2.64. The molecule has 26 heavy (non-hydrogen) atoms. The maximum atomic E-state index is 13.1. The molecule has 0 aliphatic rings. The number of carbonyl (C=O) groups excluding carboxylic acids is 2. The second-order valence-corrected chi connectivity index (χ2v) is 5.97. The fourth-order valence-electron chi connectivity index (χ4n) is 2.64. The Morgan fingerprint density at radius 2 is 1.96 bits per heavy atom. The molecule has 0 spiro atoms. The molecule has 1 aromatic carbocycles. The topological polar surface area (TPSA) is 94.6 Å². The smallest absolute Gasteiger partial charge is 0.293 e. The van der Waals surface area contributed by atoms with E-state index in [2.05, 4.69) is 10.3 Å². The third kappa shape index (κ3) is 4.76. The van der Waals surface area contributed by atoms with Crippen LogP contribution in [0.4, 0.5) is 10.1 Å². The van der Waals surface area contributed by atoms with Crippen molar-refractivity contribution in [2.24, 2.45) is 0 Å². The first-order valence-corrected chi connectivity index (χ1v) is 7.99. The van der Waals surface area contributed by atoms with Gasteiger partial charge in [-0.1, -0.05) is 12.1 Å². The zero-order valence-electron chi connectivity index (χ0n) is 14.8. The minimum absolute atomic E-state index is 0.0265. The number of hydrogen-bond acceptors (Lipinski definition) is 5. The highest BCUT2D eigenvalue weighted by atomic mass is 19.1. The standard InChI is InChI=1S/C18H21FN4O3/c1-11(21-12(2)24)15-8-16(18(25)22-26)20-9-17(15)23(3)10-13-4-6-14(19)7-5-13/h4-9,11,26H,10H2,1-3H3,(H,21,24)(H,22,25). The van der Waals surface area contributed by atoms with E-state index in [1.165, 1.54) is 31.3 Å². The normalized spacial score (nSPS) is 11.6. The molecule has 0 aliphatic carbocycles. The summed E-state index contributed by atoms with van der Waals surface area (Å²) >= 11 is 0. The van der Waals surface area contributed by atoms with Gasteiger partial charge in [-0.3, -0.25) is 14.8 Å². The monoisotopic (exact) mass is 360 g/mol. The molecule has 1 unspecified atom stereocenters. The molecule has 8 heteroatoms. The van der Waals surface area contributed by atoms with Crippen molar-refractivity contribution in [3.8, 4) is 0 Å². The van der Waals surface area contributed by atoms with Crippen LogP contribution in [0.5, 0.6) is 0 Å². The van der Waals surface area contributed by atoms with Crippen molar-refractivity contribution in [2.45, 2.75) is 26.4 Å². The molecule has 0 radical (unpaired) electrons. The Morgan fingerprint density at radius 3 is 2.54 bits per heavy atom. The number of rotatable bonds is 6. The summed E-state index contributed by atoms with van der Waals surface area (Å²) in [6, 6.07) is 7.27. The van der Waals surface area contributed by atoms with Crippen LogP contribution >= 0.6 is 0 Å². The predicted molar refractivity (Wildman–Crippen MR) is 94.2 cm³/mol. The number of aromatic nitrogens is 1. The molecule has 2 aromatic rings. The van der Waals surface area contributed by atoms with Gasteiger partial charge in [0.15, 0.2) is 0 Å². The van der Waals surface area contributed by atoms with Crippen molar-refractivity contribution in [1.29, 1.82) is 0 Å². The number of benzene rings is 1. The van der Waals surface area contributed by atoms with Gasteiger partial charge in [0.05, 0.1) is 17.9 Å². The summed E-state index contributed by atoms with van der Waals surface area (Å²) in [6.07, 6.45) is 1.50. The molecular formula is C18H21FN4O3. The molecule has 0 saturated heterocycles. The van der Waals surface area contributed by atoms with E-state index in [9.17, 15) is 14.0 Å². The van der Waals surface area contributed by atoms with Crippen LogP contribution in [0.2, 0.25) is 0 Å². The van der Waals surface area contributed by atoms with Crippen LogP contribution in [0.1, 0.15) is 41.5 Å². The summed E-state index contributed by atoms with van der Waals surface area (Å²) < 4.78 is 13.1. The Balaban J connectivity index is 2.36. The summed E-state index contributed by atoms with van der Waals surface area (Å²) in [5.41, 5.74) is 3.83. The highest BCUT2D eigenvalue weighted by Crippen LogP contribution is 2.27. The quantitative estimate of drug-likeness (QED) is 0.542. The largest absolute Gasteiger partial charge is 0.369 e. The molecule has 0 aliphatic heterocycles. The van der Waals surface area contributed by atoms with Gasteiger partial charge in [-0.2, -0.15) is 0 Å². The summed E-state index contributed by atoms with van der Waals surface area (Å²) in [7, 11) is 1.83. The van der Waals surface area contributed by atoms with Crippen molar-refractivity contribution in [3.63, 3.8) is 0 Å². The summed E-state index contributed by atoms with van der Waals surface area (Å²) in [4.78, 5) is 29.0. The SMILES string of the molecule is CC(=O)NC(C)c1cc(C(=O)NO)ncc1N(C)Cc1ccc(F)cc1. The lowest BCUT2D eigenvalue weighted by molar-refractivity contribution is -0.119. The van der Waals surface area contributed by atoms with E-state index >= 15 is 0 Å². The Kier molecular flexibility index (Phi) is 6.24. The fraction of sp³-hybridized carbons (Fsp3) is 0.278. The molecule has 2 amide bonds. The van der Waals surface area contributed by atoms with Crippen molar-refractivity contribution >= 4 is 17.5 Å². The summed E-state index contributed by atoms with van der Waals surface area (Å²) in [6.45, 7) is 3.67. The average Bonchev–Trinajstić information content (AvgIpc) is 2.61. The van der Waals surface area contributed by atoms with Gasteiger partial charge < -0.3 is 10.2 Å². The first-order valence-electron chi connectivity index (χ1n) is 7.99. The minimum Gasteiger partial charge on any atom is -0.369 e. The Hall–Kier alpha value is -3.00. The first-order chi connectivity index (χ1) is 12.3. The van der Waals surface area contributed by atoms with Gasteiger partial charge in [-0.15, -0.1) is 0 Å². The van der Waals surface area contributed by atoms with Gasteiger partial charge in [0.25, 0.3) is 5.91 Å². The molecule has 7 nitrogen and oxygen atoms in total. The molecule has 2 rings (SSSR count). The van der Waals surface area contributed by atoms with Gasteiger partial charge in [0.1, 0.15) is 11.5 Å². The molecule has 0 bridgehead atoms. The molecule has 1 heterocycles. The zero-order chi connectivity index (χ0) is 19.3. The van der Waals surface area contributed by atoms with Crippen molar-refractivity contribution in [1.82, 2.24) is 15.8 Å². The summed E-state index contributed by atoms with van der Waals surface area (Å²) in [5.74, 6) is -1.26. The third-order valence-electron chi connectivity index (χ3n) is 3.88. The number of anilines is 1. The second-order valence-electron chi connectivity index (χ2n) is 5.97. The van der Waals surface area contributed by atoms with Gasteiger partial charge >= 0.3 is 0 Å². The average molecular weight is 360 g/mol. The molecule has 0 saturated carbocycles. The molecular weight excluding hydrogens is 339 g/mol. The number of hydrogen-bond donors (Lipinski definition) is 3. The van der Waals surface area contributed by atoms with E-state index in [1.54, 1.807) is 24.5 Å². The van der Waals surface area contributed by atoms with Crippen LogP contribution in [0.3, 0.4) is 0 Å². The highest BCUT2D eigenvalue weighted by molar-refractivity contribution is 5.92. The number of halogens is 1. The maximum Gasteiger partial charge on any atom is 0.293 e. The van der Waals surface area contributed by atoms with Crippen LogP contribution in [-0.4, -0.2) is 29.1 Å². The van der Waals surface area contributed by atoms with Crippen LogP contribution in [0.25, 0.3) is 0 Å². The lowest BCUT2D eigenvalue weighted by Gasteiger charge is -2.25. The lowest BCUT2D eigenvalue weighted by Crippen LogP contribution is -2.28. The van der Waals surface area contributed by atoms with E-state index < -0.39 is 5.91 Å². The second kappa shape index (κ2) is 8.39. The number of carbonyl (C=O) groups is 2. The molecule has 0 fully saturated rings. The van der Waals surface area contributed by atoms with Gasteiger partial charge in [-0.25, -0.2) is 14.9 Å². The van der Waals surface area contributed by atoms with Crippen molar-refractivity contribution < 1.29 is 19.2 Å². The number of hydroxylamine groups is 1. The van der Waals surface area contributed by atoms with E-state index in [0.717, 1.165) is 5.56 Å². The maximum absolute atomic E-state index is 13.1. The van der Waals surface area contributed by atoms with Crippen LogP contribution < -0.4 is 15.7 Å². The van der Waals surface area contributed by atoms with Crippen molar-refractivity contribution in [2.75, 3.05) is 11.9 Å². The number of amides is 2. The van der Waals surface area contributed by atoms with Gasteiger partial charge in [0.2, 0.25) is 5.91 Å². The van der Waals surface area contributed by atoms with E-state index in [-0.39, 0.29) is 23.5 Å². The van der Waals surface area contributed by atoms with Crippen LogP contribution in [0, 0.1) is 5.82 Å². The number of nitrogens with one attached hydrogen (secondary N) is 2. The first kappa shape index (κ1) is 19.3. The minimum atomic E-state index is -0.742. The Morgan fingerprint density at radius 1 is 1.31 bits per heavy atom. The Bertz CT molecular complexity index is 796. The van der Waals surface area contributed by atoms with Crippen LogP contribution in [0.15, 0.2) is 36.5 Å². The van der Waals surface area contributed by atoms with Gasteiger partial charge in [-0.05, 0) is 30.7 Å². The van der Waals surface area contributed by atoms with E-state index in [1.807, 2.05) is 11.9 Å². The molecule has 1 atom stereocenters. The number of nitrogens with zero attached hydrogens (tertiary/aromatic N) is 2. The van der Waals surface area contributed by atoms with Crippen LogP contribution in [-0.2, 0) is 11.3 Å². The van der Waals surface area contributed by atoms with E-state index in [4.69, 9.17) is 5.21 Å². The Labute approximate surface area is 150 Å².